The van der Waals surface area contributed by atoms with Gasteiger partial charge in [-0.15, -0.1) is 0 Å². The molecule has 2 aromatic heterocycles. The summed E-state index contributed by atoms with van der Waals surface area (Å²) in [4.78, 5) is 23.9. The zero-order chi connectivity index (χ0) is 27.1. The highest BCUT2D eigenvalue weighted by atomic mass is 79.9. The second-order valence-corrected chi connectivity index (χ2v) is 11.3. The Bertz CT molecular complexity index is 1220. The Kier molecular flexibility index (Phi) is 10.2. The minimum Gasteiger partial charge on any atom is -0.469 e. The van der Waals surface area contributed by atoms with Gasteiger partial charge in [0.05, 0.1) is 10.6 Å². The minimum atomic E-state index is -0.125. The number of nitrogens with zero attached hydrogens (tertiary/aromatic N) is 3. The predicted molar refractivity (Wildman–Crippen MR) is 156 cm³/mol. The number of likely N-dealkylation sites (tertiary alicyclic amines) is 1. The Hall–Kier alpha value is -2.48. The van der Waals surface area contributed by atoms with E-state index in [9.17, 15) is 4.79 Å². The van der Waals surface area contributed by atoms with E-state index < -0.39 is 0 Å². The molecular weight excluding hydrogens is 564 g/mol. The fraction of sp³-hybridized carbons (Fsp3) is 0.433. The summed E-state index contributed by atoms with van der Waals surface area (Å²) in [6, 6.07) is 12.8. The smallest absolute Gasteiger partial charge is 0.253 e. The van der Waals surface area contributed by atoms with Gasteiger partial charge in [0.1, 0.15) is 6.10 Å². The van der Waals surface area contributed by atoms with Crippen molar-refractivity contribution in [3.8, 4) is 5.88 Å². The van der Waals surface area contributed by atoms with Crippen molar-refractivity contribution in [1.82, 2.24) is 20.2 Å². The lowest BCUT2D eigenvalue weighted by molar-refractivity contribution is 0.0576. The van der Waals surface area contributed by atoms with Crippen LogP contribution in [-0.2, 0) is 6.42 Å². The van der Waals surface area contributed by atoms with E-state index in [1.165, 1.54) is 11.8 Å². The molecule has 3 aromatic rings. The number of piperidine rings is 1. The summed E-state index contributed by atoms with van der Waals surface area (Å²) < 4.78 is 7.62. The number of ether oxygens (including phenoxy) is 1. The van der Waals surface area contributed by atoms with Gasteiger partial charge in [0, 0.05) is 47.1 Å². The molecule has 1 saturated heterocycles. The quantitative estimate of drug-likeness (QED) is 0.278. The number of rotatable bonds is 10. The maximum absolute atomic E-state index is 12.8. The largest absolute Gasteiger partial charge is 0.469 e. The van der Waals surface area contributed by atoms with Crippen molar-refractivity contribution in [2.75, 3.05) is 19.6 Å². The molecule has 1 N–H and O–H groups in total. The van der Waals surface area contributed by atoms with Gasteiger partial charge in [-0.2, -0.15) is 0 Å². The van der Waals surface area contributed by atoms with Crippen LogP contribution in [0.3, 0.4) is 0 Å². The van der Waals surface area contributed by atoms with E-state index >= 15 is 0 Å². The van der Waals surface area contributed by atoms with Crippen LogP contribution in [0, 0.1) is 12.8 Å². The molecule has 1 aliphatic heterocycles. The Morgan fingerprint density at radius 3 is 2.63 bits per heavy atom. The van der Waals surface area contributed by atoms with Gasteiger partial charge < -0.3 is 15.0 Å². The van der Waals surface area contributed by atoms with Crippen molar-refractivity contribution in [3.05, 3.63) is 86.7 Å². The first-order valence-electron chi connectivity index (χ1n) is 13.4. The van der Waals surface area contributed by atoms with Crippen molar-refractivity contribution in [2.45, 2.75) is 58.6 Å². The number of carbonyl (C=O) groups is 1. The molecule has 6 nitrogen and oxygen atoms in total. The Morgan fingerprint density at radius 2 is 1.95 bits per heavy atom. The average Bonchev–Trinajstić information content (AvgIpc) is 2.93. The summed E-state index contributed by atoms with van der Waals surface area (Å²) >= 11 is 9.82. The molecule has 1 amide bonds. The summed E-state index contributed by atoms with van der Waals surface area (Å²) in [5.74, 6) is 0.967. The van der Waals surface area contributed by atoms with Gasteiger partial charge in [-0.1, -0.05) is 52.7 Å². The number of nitrogens with one attached hydrogen (secondary N) is 1. The summed E-state index contributed by atoms with van der Waals surface area (Å²) in [5.41, 5.74) is 3.63. The van der Waals surface area contributed by atoms with Gasteiger partial charge in [-0.25, -0.2) is 4.98 Å². The normalized spacial score (nSPS) is 16.1. The molecule has 0 spiro atoms. The minimum absolute atomic E-state index is 0.0497. The van der Waals surface area contributed by atoms with Crippen LogP contribution in [0.1, 0.15) is 66.3 Å². The topological polar surface area (TPSA) is 67.4 Å². The molecule has 38 heavy (non-hydrogen) atoms. The summed E-state index contributed by atoms with van der Waals surface area (Å²) in [5, 5.41) is 3.46. The fourth-order valence-electron chi connectivity index (χ4n) is 5.13. The zero-order valence-electron chi connectivity index (χ0n) is 22.3. The molecule has 8 heteroatoms. The molecule has 1 aliphatic rings. The van der Waals surface area contributed by atoms with Gasteiger partial charge in [-0.05, 0) is 81.9 Å². The van der Waals surface area contributed by atoms with E-state index in [4.69, 9.17) is 16.3 Å². The second-order valence-electron chi connectivity index (χ2n) is 9.99. The van der Waals surface area contributed by atoms with E-state index in [2.05, 4.69) is 67.3 Å². The maximum Gasteiger partial charge on any atom is 0.253 e. The van der Waals surface area contributed by atoms with Crippen LogP contribution in [0.15, 0.2) is 59.5 Å². The van der Waals surface area contributed by atoms with Crippen LogP contribution in [0.4, 0.5) is 0 Å². The van der Waals surface area contributed by atoms with Crippen LogP contribution < -0.4 is 10.1 Å². The van der Waals surface area contributed by atoms with E-state index in [1.54, 1.807) is 12.4 Å². The summed E-state index contributed by atoms with van der Waals surface area (Å²) in [6.07, 6.45) is 8.65. The number of carbonyl (C=O) groups excluding carboxylic acids is 1. The lowest BCUT2D eigenvalue weighted by Gasteiger charge is -2.39. The molecule has 2 unspecified atom stereocenters. The number of aromatic nitrogens is 2. The molecule has 0 saturated carbocycles. The summed E-state index contributed by atoms with van der Waals surface area (Å²) in [7, 11) is 0. The van der Waals surface area contributed by atoms with Gasteiger partial charge >= 0.3 is 0 Å². The molecule has 0 bridgehead atoms. The first-order valence-corrected chi connectivity index (χ1v) is 14.5. The number of aryl methyl sites for hydroxylation is 2. The second kappa shape index (κ2) is 13.5. The van der Waals surface area contributed by atoms with Crippen molar-refractivity contribution in [1.29, 1.82) is 0 Å². The SMILES string of the molecule is CCc1cncc(Cl)c1C(=O)NCCC(C)N1CCC(C(Oc2ncccc2C)c2ccc(Br)cc2)CC1. The third-order valence-corrected chi connectivity index (χ3v) is 8.27. The van der Waals surface area contributed by atoms with E-state index in [0.29, 0.717) is 41.4 Å². The van der Waals surface area contributed by atoms with Gasteiger partial charge in [0.2, 0.25) is 5.88 Å². The Balaban J connectivity index is 1.33. The molecule has 0 aliphatic carbocycles. The van der Waals surface area contributed by atoms with Gasteiger partial charge in [0.25, 0.3) is 5.91 Å². The predicted octanol–water partition coefficient (Wildman–Crippen LogP) is 6.80. The number of halogens is 2. The Labute approximate surface area is 239 Å². The van der Waals surface area contributed by atoms with Crippen LogP contribution >= 0.6 is 27.5 Å². The number of amides is 1. The number of hydrogen-bond acceptors (Lipinski definition) is 5. The van der Waals surface area contributed by atoms with E-state index in [0.717, 1.165) is 48.0 Å². The van der Waals surface area contributed by atoms with Gasteiger partial charge in [0.15, 0.2) is 0 Å². The van der Waals surface area contributed by atoms with Crippen molar-refractivity contribution in [2.24, 2.45) is 5.92 Å². The van der Waals surface area contributed by atoms with E-state index in [1.807, 2.05) is 26.0 Å². The maximum atomic E-state index is 12.8. The highest BCUT2D eigenvalue weighted by Crippen LogP contribution is 2.36. The number of pyridine rings is 2. The van der Waals surface area contributed by atoms with Gasteiger partial charge in [-0.3, -0.25) is 9.78 Å². The third-order valence-electron chi connectivity index (χ3n) is 7.46. The molecule has 3 heterocycles. The number of hydrogen-bond donors (Lipinski definition) is 1. The lowest BCUT2D eigenvalue weighted by Crippen LogP contribution is -2.43. The van der Waals surface area contributed by atoms with Crippen LogP contribution in [0.25, 0.3) is 0 Å². The molecule has 1 fully saturated rings. The average molecular weight is 600 g/mol. The first-order chi connectivity index (χ1) is 18.4. The van der Waals surface area contributed by atoms with Crippen molar-refractivity contribution >= 4 is 33.4 Å². The Morgan fingerprint density at radius 1 is 1.21 bits per heavy atom. The van der Waals surface area contributed by atoms with Crippen molar-refractivity contribution in [3.63, 3.8) is 0 Å². The molecule has 1 aromatic carbocycles. The standard InChI is InChI=1S/C30H36BrClN4O2/c1-4-22-18-33-19-26(32)27(22)29(37)34-15-11-21(3)36-16-12-24(13-17-36)28(23-7-9-25(31)10-8-23)38-30-20(2)6-5-14-35-30/h5-10,14,18-19,21,24,28H,4,11-13,15-17H2,1-3H3,(H,34,37). The van der Waals surface area contributed by atoms with Crippen LogP contribution in [0.2, 0.25) is 5.02 Å². The van der Waals surface area contributed by atoms with E-state index in [-0.39, 0.29) is 12.0 Å². The zero-order valence-corrected chi connectivity index (χ0v) is 24.6. The highest BCUT2D eigenvalue weighted by molar-refractivity contribution is 9.10. The molecule has 2 atom stereocenters. The number of benzene rings is 1. The monoisotopic (exact) mass is 598 g/mol. The third kappa shape index (κ3) is 7.13. The molecule has 202 valence electrons. The molecular formula is C30H36BrClN4O2. The first kappa shape index (κ1) is 28.5. The van der Waals surface area contributed by atoms with Crippen molar-refractivity contribution < 1.29 is 9.53 Å². The molecule has 0 radical (unpaired) electrons. The van der Waals surface area contributed by atoms with Crippen LogP contribution in [0.5, 0.6) is 5.88 Å². The summed E-state index contributed by atoms with van der Waals surface area (Å²) in [6.45, 7) is 8.87. The van der Waals surface area contributed by atoms with Crippen LogP contribution in [-0.4, -0.2) is 46.5 Å². The fourth-order valence-corrected chi connectivity index (χ4v) is 5.66. The lowest BCUT2D eigenvalue weighted by atomic mass is 9.86. The molecule has 4 rings (SSSR count). The highest BCUT2D eigenvalue weighted by Gasteiger charge is 2.31.